The average Bonchev–Trinajstić information content (AvgIpc) is 2.43. The van der Waals surface area contributed by atoms with E-state index in [0.717, 1.165) is 25.9 Å². The second-order valence-electron chi connectivity index (χ2n) is 6.29. The summed E-state index contributed by atoms with van der Waals surface area (Å²) in [5.41, 5.74) is 2.33. The van der Waals surface area contributed by atoms with Crippen LogP contribution in [0.2, 0.25) is 0 Å². The number of anilines is 1. The first-order valence-electron chi connectivity index (χ1n) is 7.37. The second kappa shape index (κ2) is 5.09. The van der Waals surface area contributed by atoms with Crippen LogP contribution in [0.15, 0.2) is 24.3 Å². The summed E-state index contributed by atoms with van der Waals surface area (Å²) in [6, 6.07) is 8.36. The molecule has 1 N–H and O–H groups in total. The summed E-state index contributed by atoms with van der Waals surface area (Å²) in [5.74, 6) is 0.247. The highest BCUT2D eigenvalue weighted by molar-refractivity contribution is 5.79. The Morgan fingerprint density at radius 1 is 1.15 bits per heavy atom. The molecule has 2 heterocycles. The Bertz CT molecular complexity index is 506. The first kappa shape index (κ1) is 13.4. The van der Waals surface area contributed by atoms with Gasteiger partial charge in [0.1, 0.15) is 0 Å². The van der Waals surface area contributed by atoms with Crippen LogP contribution < -0.4 is 5.32 Å². The third-order valence-electron chi connectivity index (χ3n) is 4.68. The molecular weight excluding hydrogens is 250 g/mol. The summed E-state index contributed by atoms with van der Waals surface area (Å²) in [6.07, 6.45) is 2.65. The van der Waals surface area contributed by atoms with E-state index >= 15 is 0 Å². The smallest absolute Gasteiger partial charge is 0.224 e. The number of hydrogen-bond donors (Lipinski definition) is 1. The predicted octanol–water partition coefficient (Wildman–Crippen LogP) is 1.92. The quantitative estimate of drug-likeness (QED) is 0.784. The zero-order chi connectivity index (χ0) is 14.2. The van der Waals surface area contributed by atoms with Gasteiger partial charge in [0.05, 0.1) is 0 Å². The highest BCUT2D eigenvalue weighted by Crippen LogP contribution is 2.33. The molecule has 3 rings (SSSR count). The van der Waals surface area contributed by atoms with Gasteiger partial charge in [-0.25, -0.2) is 0 Å². The molecule has 4 heteroatoms. The van der Waals surface area contributed by atoms with Gasteiger partial charge in [-0.2, -0.15) is 0 Å². The molecule has 0 aliphatic carbocycles. The van der Waals surface area contributed by atoms with Crippen LogP contribution in [0.1, 0.15) is 24.8 Å². The fourth-order valence-electron chi connectivity index (χ4n) is 3.23. The van der Waals surface area contributed by atoms with Crippen LogP contribution in [0.25, 0.3) is 0 Å². The number of nitrogens with one attached hydrogen (secondary N) is 1. The van der Waals surface area contributed by atoms with Gasteiger partial charge in [0.25, 0.3) is 0 Å². The summed E-state index contributed by atoms with van der Waals surface area (Å²) in [5, 5.41) is 3.71. The minimum atomic E-state index is -0.0750. The van der Waals surface area contributed by atoms with Crippen molar-refractivity contribution >= 4 is 11.6 Å². The molecule has 2 aliphatic heterocycles. The van der Waals surface area contributed by atoms with E-state index < -0.39 is 0 Å². The van der Waals surface area contributed by atoms with Gasteiger partial charge >= 0.3 is 0 Å². The highest BCUT2D eigenvalue weighted by atomic mass is 16.2. The van der Waals surface area contributed by atoms with Crippen LogP contribution in [-0.4, -0.2) is 48.4 Å². The summed E-state index contributed by atoms with van der Waals surface area (Å²) in [6.45, 7) is 2.79. The molecule has 1 spiro atoms. The van der Waals surface area contributed by atoms with E-state index in [2.05, 4.69) is 35.5 Å². The van der Waals surface area contributed by atoms with Crippen molar-refractivity contribution in [2.75, 3.05) is 32.5 Å². The fraction of sp³-hybridized carbons (Fsp3) is 0.562. The largest absolute Gasteiger partial charge is 0.379 e. The maximum Gasteiger partial charge on any atom is 0.224 e. The summed E-state index contributed by atoms with van der Waals surface area (Å²) in [4.78, 5) is 16.6. The molecule has 0 bridgehead atoms. The lowest BCUT2D eigenvalue weighted by atomic mass is 9.82. The minimum absolute atomic E-state index is 0.0750. The first-order chi connectivity index (χ1) is 9.58. The number of nitrogens with zero attached hydrogens (tertiary/aromatic N) is 2. The van der Waals surface area contributed by atoms with E-state index in [9.17, 15) is 4.79 Å². The fourth-order valence-corrected chi connectivity index (χ4v) is 3.23. The molecule has 0 aromatic heterocycles. The third kappa shape index (κ3) is 2.52. The first-order valence-corrected chi connectivity index (χ1v) is 7.37. The summed E-state index contributed by atoms with van der Waals surface area (Å²) in [7, 11) is 4.06. The van der Waals surface area contributed by atoms with E-state index in [1.54, 1.807) is 0 Å². The molecule has 2 aliphatic rings. The van der Waals surface area contributed by atoms with Crippen molar-refractivity contribution in [1.29, 1.82) is 0 Å². The van der Waals surface area contributed by atoms with Crippen LogP contribution >= 0.6 is 0 Å². The number of carbonyl (C=O) groups is 1. The maximum absolute atomic E-state index is 12.4. The van der Waals surface area contributed by atoms with Gasteiger partial charge in [-0.05, 0) is 31.5 Å². The molecule has 108 valence electrons. The van der Waals surface area contributed by atoms with Gasteiger partial charge in [-0.15, -0.1) is 0 Å². The van der Waals surface area contributed by atoms with Crippen LogP contribution in [-0.2, 0) is 11.3 Å². The monoisotopic (exact) mass is 273 g/mol. The van der Waals surface area contributed by atoms with Crippen LogP contribution in [0, 0.1) is 0 Å². The lowest BCUT2D eigenvalue weighted by molar-refractivity contribution is -0.132. The molecule has 0 unspecified atom stereocenters. The van der Waals surface area contributed by atoms with Gasteiger partial charge in [0.15, 0.2) is 0 Å². The van der Waals surface area contributed by atoms with Crippen molar-refractivity contribution < 1.29 is 4.79 Å². The topological polar surface area (TPSA) is 35.6 Å². The van der Waals surface area contributed by atoms with Crippen LogP contribution in [0.3, 0.4) is 0 Å². The zero-order valence-electron chi connectivity index (χ0n) is 12.4. The Kier molecular flexibility index (Phi) is 3.42. The molecule has 20 heavy (non-hydrogen) atoms. The van der Waals surface area contributed by atoms with Gasteiger partial charge < -0.3 is 15.1 Å². The van der Waals surface area contributed by atoms with Crippen molar-refractivity contribution in [1.82, 2.24) is 9.80 Å². The number of amides is 1. The Labute approximate surface area is 120 Å². The van der Waals surface area contributed by atoms with Crippen molar-refractivity contribution in [3.63, 3.8) is 0 Å². The Hall–Kier alpha value is -1.55. The number of likely N-dealkylation sites (tertiary alicyclic amines) is 1. The van der Waals surface area contributed by atoms with E-state index in [0.29, 0.717) is 13.0 Å². The summed E-state index contributed by atoms with van der Waals surface area (Å²) < 4.78 is 0. The van der Waals surface area contributed by atoms with Crippen LogP contribution in [0.5, 0.6) is 0 Å². The van der Waals surface area contributed by atoms with Gasteiger partial charge in [-0.3, -0.25) is 4.79 Å². The molecule has 0 radical (unpaired) electrons. The van der Waals surface area contributed by atoms with E-state index in [1.165, 1.54) is 11.3 Å². The summed E-state index contributed by atoms with van der Waals surface area (Å²) >= 11 is 0. The molecular formula is C16H23N3O. The zero-order valence-corrected chi connectivity index (χ0v) is 12.4. The van der Waals surface area contributed by atoms with E-state index in [1.807, 2.05) is 18.0 Å². The Morgan fingerprint density at radius 3 is 2.60 bits per heavy atom. The van der Waals surface area contributed by atoms with Crippen LogP contribution in [0.4, 0.5) is 5.69 Å². The van der Waals surface area contributed by atoms with E-state index in [-0.39, 0.29) is 11.4 Å². The van der Waals surface area contributed by atoms with Crippen molar-refractivity contribution in [3.05, 3.63) is 29.8 Å². The maximum atomic E-state index is 12.4. The molecule has 1 aromatic carbocycles. The van der Waals surface area contributed by atoms with Crippen molar-refractivity contribution in [2.45, 2.75) is 31.3 Å². The molecule has 1 fully saturated rings. The number of para-hydroxylation sites is 1. The highest BCUT2D eigenvalue weighted by Gasteiger charge is 2.38. The van der Waals surface area contributed by atoms with Crippen molar-refractivity contribution in [2.24, 2.45) is 0 Å². The predicted molar refractivity (Wildman–Crippen MR) is 80.6 cm³/mol. The average molecular weight is 273 g/mol. The number of fused-ring (bicyclic) bond motifs is 1. The standard InChI is InChI=1S/C16H23N3O/c1-18-9-7-16(8-10-18)11-15(20)19(2)12-13-5-3-4-6-14(13)17-16/h3-6,17H,7-12H2,1-2H3. The minimum Gasteiger partial charge on any atom is -0.379 e. The molecule has 1 aromatic rings. The normalized spacial score (nSPS) is 22.9. The van der Waals surface area contributed by atoms with Gasteiger partial charge in [-0.1, -0.05) is 18.2 Å². The van der Waals surface area contributed by atoms with Gasteiger partial charge in [0.2, 0.25) is 5.91 Å². The number of piperidine rings is 1. The lowest BCUT2D eigenvalue weighted by Crippen LogP contribution is -2.52. The van der Waals surface area contributed by atoms with E-state index in [4.69, 9.17) is 0 Å². The Morgan fingerprint density at radius 2 is 1.85 bits per heavy atom. The molecule has 1 amide bonds. The third-order valence-corrected chi connectivity index (χ3v) is 4.68. The lowest BCUT2D eigenvalue weighted by Gasteiger charge is -2.44. The number of rotatable bonds is 0. The molecule has 4 nitrogen and oxygen atoms in total. The van der Waals surface area contributed by atoms with Gasteiger partial charge in [0, 0.05) is 44.3 Å². The molecule has 1 saturated heterocycles. The van der Waals surface area contributed by atoms with Crippen molar-refractivity contribution in [3.8, 4) is 0 Å². The Balaban J connectivity index is 1.95. The molecule has 0 atom stereocenters. The number of hydrogen-bond acceptors (Lipinski definition) is 3. The second-order valence-corrected chi connectivity index (χ2v) is 6.29. The number of carbonyl (C=O) groups excluding carboxylic acids is 1. The molecule has 0 saturated carbocycles. The number of benzene rings is 1. The SMILES string of the molecule is CN1CCC2(CC1)CC(=O)N(C)Cc1ccccc1N2.